The number of aromatic nitrogens is 2. The van der Waals surface area contributed by atoms with Crippen molar-refractivity contribution in [3.05, 3.63) is 47.3 Å². The summed E-state index contributed by atoms with van der Waals surface area (Å²) in [7, 11) is 2.00. The maximum absolute atomic E-state index is 5.71. The molecule has 1 aromatic heterocycles. The molecule has 0 fully saturated rings. The minimum atomic E-state index is 0.814. The molecule has 0 saturated heterocycles. The van der Waals surface area contributed by atoms with E-state index in [4.69, 9.17) is 5.73 Å². The van der Waals surface area contributed by atoms with Crippen molar-refractivity contribution >= 4 is 5.69 Å². The van der Waals surface area contributed by atoms with Gasteiger partial charge >= 0.3 is 0 Å². The SMILES string of the molecule is CCN(Cc1ccc(N)cc1)Cc1cc(C)nn1C. The molecular weight excluding hydrogens is 236 g/mol. The second kappa shape index (κ2) is 5.89. The van der Waals surface area contributed by atoms with Crippen LogP contribution in [0.1, 0.15) is 23.9 Å². The fourth-order valence-electron chi connectivity index (χ4n) is 2.20. The van der Waals surface area contributed by atoms with Gasteiger partial charge in [0.25, 0.3) is 0 Å². The van der Waals surface area contributed by atoms with E-state index in [0.717, 1.165) is 31.0 Å². The van der Waals surface area contributed by atoms with Crippen molar-refractivity contribution in [2.75, 3.05) is 12.3 Å². The number of hydrogen-bond donors (Lipinski definition) is 1. The molecule has 0 aliphatic rings. The van der Waals surface area contributed by atoms with E-state index >= 15 is 0 Å². The van der Waals surface area contributed by atoms with E-state index in [9.17, 15) is 0 Å². The van der Waals surface area contributed by atoms with Crippen LogP contribution in [0.25, 0.3) is 0 Å². The Morgan fingerprint density at radius 3 is 2.42 bits per heavy atom. The first-order valence-electron chi connectivity index (χ1n) is 6.64. The Labute approximate surface area is 114 Å². The predicted octanol–water partition coefficient (Wildman–Crippen LogP) is 2.33. The van der Waals surface area contributed by atoms with E-state index in [1.165, 1.54) is 11.3 Å². The van der Waals surface area contributed by atoms with E-state index in [-0.39, 0.29) is 0 Å². The average molecular weight is 258 g/mol. The highest BCUT2D eigenvalue weighted by Gasteiger charge is 2.08. The maximum Gasteiger partial charge on any atom is 0.0597 e. The molecule has 0 bridgehead atoms. The molecule has 0 aliphatic heterocycles. The number of hydrogen-bond acceptors (Lipinski definition) is 3. The lowest BCUT2D eigenvalue weighted by atomic mass is 10.2. The topological polar surface area (TPSA) is 47.1 Å². The van der Waals surface area contributed by atoms with Gasteiger partial charge in [0.2, 0.25) is 0 Å². The van der Waals surface area contributed by atoms with Gasteiger partial charge in [0, 0.05) is 25.8 Å². The number of rotatable bonds is 5. The highest BCUT2D eigenvalue weighted by Crippen LogP contribution is 2.12. The average Bonchev–Trinajstić information content (AvgIpc) is 2.69. The highest BCUT2D eigenvalue weighted by atomic mass is 15.3. The maximum atomic E-state index is 5.71. The van der Waals surface area contributed by atoms with Gasteiger partial charge in [-0.25, -0.2) is 0 Å². The van der Waals surface area contributed by atoms with Crippen molar-refractivity contribution in [3.63, 3.8) is 0 Å². The summed E-state index contributed by atoms with van der Waals surface area (Å²) in [6.45, 7) is 7.06. The summed E-state index contributed by atoms with van der Waals surface area (Å²) in [4.78, 5) is 2.39. The quantitative estimate of drug-likeness (QED) is 0.837. The number of nitrogens with two attached hydrogens (primary N) is 1. The van der Waals surface area contributed by atoms with Crippen molar-refractivity contribution in [2.24, 2.45) is 7.05 Å². The van der Waals surface area contributed by atoms with Crippen LogP contribution in [0.15, 0.2) is 30.3 Å². The van der Waals surface area contributed by atoms with E-state index in [0.29, 0.717) is 0 Å². The van der Waals surface area contributed by atoms with Gasteiger partial charge in [0.05, 0.1) is 11.4 Å². The zero-order valence-electron chi connectivity index (χ0n) is 11.9. The third-order valence-electron chi connectivity index (χ3n) is 3.32. The minimum Gasteiger partial charge on any atom is -0.399 e. The van der Waals surface area contributed by atoms with Gasteiger partial charge in [-0.1, -0.05) is 19.1 Å². The summed E-state index contributed by atoms with van der Waals surface area (Å²) in [5.41, 5.74) is 10.1. The number of anilines is 1. The van der Waals surface area contributed by atoms with Gasteiger partial charge in [0.15, 0.2) is 0 Å². The Kier molecular flexibility index (Phi) is 4.22. The van der Waals surface area contributed by atoms with Crippen LogP contribution >= 0.6 is 0 Å². The molecule has 0 radical (unpaired) electrons. The van der Waals surface area contributed by atoms with Crippen LogP contribution in [0.2, 0.25) is 0 Å². The molecule has 0 spiro atoms. The summed E-state index contributed by atoms with van der Waals surface area (Å²) >= 11 is 0. The number of nitrogens with zero attached hydrogens (tertiary/aromatic N) is 3. The van der Waals surface area contributed by atoms with Gasteiger partial charge in [-0.15, -0.1) is 0 Å². The standard InChI is InChI=1S/C15H22N4/c1-4-19(10-13-5-7-14(16)8-6-13)11-15-9-12(2)17-18(15)3/h5-9H,4,10-11,16H2,1-3H3. The van der Waals surface area contributed by atoms with Crippen molar-refractivity contribution < 1.29 is 0 Å². The lowest BCUT2D eigenvalue weighted by molar-refractivity contribution is 0.264. The van der Waals surface area contributed by atoms with Gasteiger partial charge in [-0.05, 0) is 37.2 Å². The van der Waals surface area contributed by atoms with Crippen LogP contribution in [-0.2, 0) is 20.1 Å². The van der Waals surface area contributed by atoms with Gasteiger partial charge in [-0.2, -0.15) is 5.10 Å². The Morgan fingerprint density at radius 1 is 1.21 bits per heavy atom. The van der Waals surface area contributed by atoms with Crippen LogP contribution in [0.4, 0.5) is 5.69 Å². The number of aryl methyl sites for hydroxylation is 2. The molecule has 0 saturated carbocycles. The third kappa shape index (κ3) is 3.58. The van der Waals surface area contributed by atoms with E-state index in [2.05, 4.69) is 35.1 Å². The summed E-state index contributed by atoms with van der Waals surface area (Å²) in [6, 6.07) is 10.2. The van der Waals surface area contributed by atoms with E-state index in [1.54, 1.807) is 0 Å². The third-order valence-corrected chi connectivity index (χ3v) is 3.32. The molecule has 0 amide bonds. The Balaban J connectivity index is 2.04. The first-order chi connectivity index (χ1) is 9.08. The van der Waals surface area contributed by atoms with Crippen LogP contribution in [-0.4, -0.2) is 21.2 Å². The summed E-state index contributed by atoms with van der Waals surface area (Å²) in [5.74, 6) is 0. The molecule has 0 aliphatic carbocycles. The van der Waals surface area contributed by atoms with E-state index < -0.39 is 0 Å². The lowest BCUT2D eigenvalue weighted by Gasteiger charge is -2.20. The van der Waals surface area contributed by atoms with Gasteiger partial charge < -0.3 is 5.73 Å². The second-order valence-electron chi connectivity index (χ2n) is 4.95. The zero-order chi connectivity index (χ0) is 13.8. The molecule has 4 heteroatoms. The Hall–Kier alpha value is -1.81. The first-order valence-corrected chi connectivity index (χ1v) is 6.64. The Bertz CT molecular complexity index is 528. The lowest BCUT2D eigenvalue weighted by Crippen LogP contribution is -2.23. The van der Waals surface area contributed by atoms with Crippen molar-refractivity contribution in [2.45, 2.75) is 26.9 Å². The Morgan fingerprint density at radius 2 is 1.89 bits per heavy atom. The molecule has 4 nitrogen and oxygen atoms in total. The molecular formula is C15H22N4. The molecule has 1 heterocycles. The summed E-state index contributed by atoms with van der Waals surface area (Å²) < 4.78 is 1.96. The number of benzene rings is 1. The van der Waals surface area contributed by atoms with Crippen LogP contribution in [0.5, 0.6) is 0 Å². The monoisotopic (exact) mass is 258 g/mol. The zero-order valence-corrected chi connectivity index (χ0v) is 11.9. The van der Waals surface area contributed by atoms with E-state index in [1.807, 2.05) is 30.8 Å². The molecule has 0 atom stereocenters. The van der Waals surface area contributed by atoms with Gasteiger partial charge in [0.1, 0.15) is 0 Å². The van der Waals surface area contributed by atoms with Crippen LogP contribution in [0.3, 0.4) is 0 Å². The molecule has 0 unspecified atom stereocenters. The van der Waals surface area contributed by atoms with Crippen molar-refractivity contribution in [1.82, 2.24) is 14.7 Å². The predicted molar refractivity (Wildman–Crippen MR) is 78.6 cm³/mol. The van der Waals surface area contributed by atoms with Crippen LogP contribution < -0.4 is 5.73 Å². The number of nitrogen functional groups attached to an aromatic ring is 1. The van der Waals surface area contributed by atoms with Crippen molar-refractivity contribution in [1.29, 1.82) is 0 Å². The van der Waals surface area contributed by atoms with Crippen molar-refractivity contribution in [3.8, 4) is 0 Å². The molecule has 2 aromatic rings. The molecule has 102 valence electrons. The second-order valence-corrected chi connectivity index (χ2v) is 4.95. The van der Waals surface area contributed by atoms with Crippen LogP contribution in [0, 0.1) is 6.92 Å². The minimum absolute atomic E-state index is 0.814. The highest BCUT2D eigenvalue weighted by molar-refractivity contribution is 5.39. The fourth-order valence-corrected chi connectivity index (χ4v) is 2.20. The summed E-state index contributed by atoms with van der Waals surface area (Å²) in [5, 5.41) is 4.39. The van der Waals surface area contributed by atoms with Gasteiger partial charge in [-0.3, -0.25) is 9.58 Å². The first kappa shape index (κ1) is 13.6. The molecule has 19 heavy (non-hydrogen) atoms. The normalized spacial score (nSPS) is 11.2. The summed E-state index contributed by atoms with van der Waals surface area (Å²) in [6.07, 6.45) is 0. The smallest absolute Gasteiger partial charge is 0.0597 e. The molecule has 2 N–H and O–H groups in total. The fraction of sp³-hybridized carbons (Fsp3) is 0.400. The molecule has 1 aromatic carbocycles. The largest absolute Gasteiger partial charge is 0.399 e. The molecule has 2 rings (SSSR count).